The molecule has 0 radical (unpaired) electrons. The van der Waals surface area contributed by atoms with Crippen LogP contribution in [-0.4, -0.2) is 47.9 Å². The number of benzene rings is 2. The van der Waals surface area contributed by atoms with Crippen molar-refractivity contribution in [2.45, 2.75) is 19.9 Å². The third-order valence-corrected chi connectivity index (χ3v) is 7.31. The van der Waals surface area contributed by atoms with Gasteiger partial charge in [0.05, 0.1) is 11.6 Å². The van der Waals surface area contributed by atoms with Crippen LogP contribution < -0.4 is 10.2 Å². The van der Waals surface area contributed by atoms with Crippen molar-refractivity contribution in [3.8, 4) is 0 Å². The van der Waals surface area contributed by atoms with Gasteiger partial charge in [-0.3, -0.25) is 14.5 Å². The standard InChI is InChI=1S/C23H26BrN3O2S/c1-16-12-17(14-26-8-10-30-11-9-26)6-7-20(16)25-23(29)18-13-22(28)27(15-18)21-5-3-2-4-19(21)24/h2-7,12,18H,8-11,13-15H2,1H3,(H,25,29). The topological polar surface area (TPSA) is 52.7 Å². The van der Waals surface area contributed by atoms with Crippen molar-refractivity contribution in [2.75, 3.05) is 41.4 Å². The predicted octanol–water partition coefficient (Wildman–Crippen LogP) is 4.30. The first-order valence-electron chi connectivity index (χ1n) is 10.3. The van der Waals surface area contributed by atoms with Crippen LogP contribution in [0.1, 0.15) is 17.5 Å². The molecule has 158 valence electrons. The second-order valence-corrected chi connectivity index (χ2v) is 9.96. The van der Waals surface area contributed by atoms with Gasteiger partial charge >= 0.3 is 0 Å². The molecule has 1 atom stereocenters. The molecular weight excluding hydrogens is 462 g/mol. The Bertz CT molecular complexity index is 946. The van der Waals surface area contributed by atoms with E-state index >= 15 is 0 Å². The number of hydrogen-bond acceptors (Lipinski definition) is 4. The zero-order valence-corrected chi connectivity index (χ0v) is 19.5. The lowest BCUT2D eigenvalue weighted by atomic mass is 10.1. The Balaban J connectivity index is 1.39. The molecule has 2 aliphatic heterocycles. The van der Waals surface area contributed by atoms with E-state index in [2.05, 4.69) is 38.3 Å². The molecule has 5 nitrogen and oxygen atoms in total. The van der Waals surface area contributed by atoms with Gasteiger partial charge in [-0.2, -0.15) is 11.8 Å². The summed E-state index contributed by atoms with van der Waals surface area (Å²) in [4.78, 5) is 29.5. The summed E-state index contributed by atoms with van der Waals surface area (Å²) < 4.78 is 0.859. The van der Waals surface area contributed by atoms with Crippen LogP contribution in [0.25, 0.3) is 0 Å². The number of anilines is 2. The van der Waals surface area contributed by atoms with Gasteiger partial charge in [0.25, 0.3) is 0 Å². The average molecular weight is 488 g/mol. The monoisotopic (exact) mass is 487 g/mol. The number of rotatable bonds is 5. The number of amides is 2. The Kier molecular flexibility index (Phi) is 6.80. The number of hydrogen-bond donors (Lipinski definition) is 1. The Morgan fingerprint density at radius 3 is 2.70 bits per heavy atom. The van der Waals surface area contributed by atoms with Crippen LogP contribution in [0.4, 0.5) is 11.4 Å². The minimum absolute atomic E-state index is 0.0196. The largest absolute Gasteiger partial charge is 0.326 e. The highest BCUT2D eigenvalue weighted by atomic mass is 79.9. The van der Waals surface area contributed by atoms with Crippen LogP contribution in [0.15, 0.2) is 46.9 Å². The molecular formula is C23H26BrN3O2S. The molecule has 7 heteroatoms. The molecule has 2 heterocycles. The summed E-state index contributed by atoms with van der Waals surface area (Å²) in [5.74, 6) is 1.93. The second-order valence-electron chi connectivity index (χ2n) is 7.88. The number of para-hydroxylation sites is 1. The summed E-state index contributed by atoms with van der Waals surface area (Å²) in [5.41, 5.74) is 3.96. The van der Waals surface area contributed by atoms with E-state index in [1.165, 1.54) is 17.1 Å². The molecule has 0 aromatic heterocycles. The maximum atomic E-state index is 12.9. The number of nitrogens with zero attached hydrogens (tertiary/aromatic N) is 2. The summed E-state index contributed by atoms with van der Waals surface area (Å²) >= 11 is 5.51. The van der Waals surface area contributed by atoms with Gasteiger partial charge in [-0.1, -0.05) is 24.3 Å². The second kappa shape index (κ2) is 9.54. The van der Waals surface area contributed by atoms with Gasteiger partial charge in [0.2, 0.25) is 11.8 Å². The van der Waals surface area contributed by atoms with Crippen molar-refractivity contribution in [1.82, 2.24) is 4.90 Å². The Labute approximate surface area is 190 Å². The molecule has 30 heavy (non-hydrogen) atoms. The van der Waals surface area contributed by atoms with E-state index in [0.29, 0.717) is 6.54 Å². The highest BCUT2D eigenvalue weighted by molar-refractivity contribution is 9.10. The minimum atomic E-state index is -0.352. The van der Waals surface area contributed by atoms with Crippen molar-refractivity contribution in [3.63, 3.8) is 0 Å². The smallest absolute Gasteiger partial charge is 0.229 e. The van der Waals surface area contributed by atoms with Gasteiger partial charge in [0, 0.05) is 54.3 Å². The molecule has 0 bridgehead atoms. The molecule has 2 aliphatic rings. The van der Waals surface area contributed by atoms with E-state index < -0.39 is 0 Å². The van der Waals surface area contributed by atoms with Crippen LogP contribution >= 0.6 is 27.7 Å². The molecule has 2 aromatic rings. The Morgan fingerprint density at radius 1 is 1.20 bits per heavy atom. The normalized spacial score (nSPS) is 19.9. The number of carbonyl (C=O) groups excluding carboxylic acids is 2. The fourth-order valence-corrected chi connectivity index (χ4v) is 5.48. The lowest BCUT2D eigenvalue weighted by Crippen LogP contribution is -2.32. The summed E-state index contributed by atoms with van der Waals surface area (Å²) in [5, 5.41) is 3.04. The third-order valence-electron chi connectivity index (χ3n) is 5.70. The molecule has 0 spiro atoms. The summed E-state index contributed by atoms with van der Waals surface area (Å²) in [7, 11) is 0. The number of aryl methyl sites for hydroxylation is 1. The van der Waals surface area contributed by atoms with Crippen molar-refractivity contribution in [1.29, 1.82) is 0 Å². The quantitative estimate of drug-likeness (QED) is 0.682. The number of thioether (sulfide) groups is 1. The molecule has 0 saturated carbocycles. The van der Waals surface area contributed by atoms with E-state index in [9.17, 15) is 9.59 Å². The third kappa shape index (κ3) is 4.90. The molecule has 1 unspecified atom stereocenters. The maximum Gasteiger partial charge on any atom is 0.229 e. The fourth-order valence-electron chi connectivity index (χ4n) is 4.00. The fraction of sp³-hybridized carbons (Fsp3) is 0.391. The van der Waals surface area contributed by atoms with Crippen LogP contribution in [0.3, 0.4) is 0 Å². The average Bonchev–Trinajstić information content (AvgIpc) is 3.13. The number of halogens is 1. The Hall–Kier alpha value is -1.83. The van der Waals surface area contributed by atoms with Gasteiger partial charge < -0.3 is 10.2 Å². The van der Waals surface area contributed by atoms with E-state index in [1.54, 1.807) is 4.90 Å². The van der Waals surface area contributed by atoms with Gasteiger partial charge in [0.15, 0.2) is 0 Å². The molecule has 2 aromatic carbocycles. The Morgan fingerprint density at radius 2 is 1.97 bits per heavy atom. The molecule has 1 N–H and O–H groups in total. The summed E-state index contributed by atoms with van der Waals surface area (Å²) in [6.45, 7) is 5.64. The van der Waals surface area contributed by atoms with Gasteiger partial charge in [-0.05, 0) is 52.2 Å². The molecule has 4 rings (SSSR count). The highest BCUT2D eigenvalue weighted by Crippen LogP contribution is 2.32. The first kappa shape index (κ1) is 21.4. The van der Waals surface area contributed by atoms with Crippen LogP contribution in [0.2, 0.25) is 0 Å². The van der Waals surface area contributed by atoms with Gasteiger partial charge in [-0.15, -0.1) is 0 Å². The zero-order chi connectivity index (χ0) is 21.1. The molecule has 2 fully saturated rings. The summed E-state index contributed by atoms with van der Waals surface area (Å²) in [6, 6.07) is 13.9. The first-order valence-corrected chi connectivity index (χ1v) is 12.2. The minimum Gasteiger partial charge on any atom is -0.326 e. The van der Waals surface area contributed by atoms with E-state index in [-0.39, 0.29) is 24.2 Å². The first-order chi connectivity index (χ1) is 14.5. The zero-order valence-electron chi connectivity index (χ0n) is 17.1. The van der Waals surface area contributed by atoms with Crippen LogP contribution in [0, 0.1) is 12.8 Å². The lowest BCUT2D eigenvalue weighted by Gasteiger charge is -2.26. The highest BCUT2D eigenvalue weighted by Gasteiger charge is 2.35. The maximum absolute atomic E-state index is 12.9. The number of nitrogens with one attached hydrogen (secondary N) is 1. The van der Waals surface area contributed by atoms with E-state index in [1.807, 2.05) is 49.0 Å². The SMILES string of the molecule is Cc1cc(CN2CCSCC2)ccc1NC(=O)C1CC(=O)N(c2ccccc2Br)C1. The van der Waals surface area contributed by atoms with Crippen molar-refractivity contribution in [2.24, 2.45) is 5.92 Å². The molecule has 2 amide bonds. The predicted molar refractivity (Wildman–Crippen MR) is 127 cm³/mol. The van der Waals surface area contributed by atoms with Crippen molar-refractivity contribution < 1.29 is 9.59 Å². The lowest BCUT2D eigenvalue weighted by molar-refractivity contribution is -0.122. The van der Waals surface area contributed by atoms with Crippen LogP contribution in [-0.2, 0) is 16.1 Å². The summed E-state index contributed by atoms with van der Waals surface area (Å²) in [6.07, 6.45) is 0.233. The van der Waals surface area contributed by atoms with E-state index in [0.717, 1.165) is 41.0 Å². The van der Waals surface area contributed by atoms with Crippen LogP contribution in [0.5, 0.6) is 0 Å². The molecule has 0 aliphatic carbocycles. The number of carbonyl (C=O) groups is 2. The molecule has 2 saturated heterocycles. The van der Waals surface area contributed by atoms with E-state index in [4.69, 9.17) is 0 Å². The van der Waals surface area contributed by atoms with Crippen molar-refractivity contribution >= 4 is 50.9 Å². The van der Waals surface area contributed by atoms with Crippen molar-refractivity contribution in [3.05, 3.63) is 58.1 Å². The van der Waals surface area contributed by atoms with Gasteiger partial charge in [0.1, 0.15) is 0 Å². The van der Waals surface area contributed by atoms with Gasteiger partial charge in [-0.25, -0.2) is 0 Å².